The summed E-state index contributed by atoms with van der Waals surface area (Å²) in [4.78, 5) is 27.6. The molecule has 0 aliphatic carbocycles. The number of furan rings is 1. The van der Waals surface area contributed by atoms with Crippen LogP contribution in [0.15, 0.2) is 70.9 Å². The Labute approximate surface area is 197 Å². The highest BCUT2D eigenvalue weighted by atomic mass is 16.5. The summed E-state index contributed by atoms with van der Waals surface area (Å²) in [6, 6.07) is 14.5. The molecule has 1 aliphatic heterocycles. The van der Waals surface area contributed by atoms with Gasteiger partial charge in [-0.2, -0.15) is 0 Å². The number of hydrogen-bond acceptors (Lipinski definition) is 7. The van der Waals surface area contributed by atoms with Crippen molar-refractivity contribution >= 4 is 17.4 Å². The monoisotopic (exact) mass is 463 g/mol. The summed E-state index contributed by atoms with van der Waals surface area (Å²) < 4.78 is 21.7. The van der Waals surface area contributed by atoms with Gasteiger partial charge in [0.1, 0.15) is 23.3 Å². The highest BCUT2D eigenvalue weighted by Crippen LogP contribution is 2.41. The molecule has 0 saturated carbocycles. The molecule has 8 heteroatoms. The predicted molar refractivity (Wildman–Crippen MR) is 124 cm³/mol. The molecule has 0 bridgehead atoms. The lowest BCUT2D eigenvalue weighted by molar-refractivity contribution is -0.140. The molecule has 1 unspecified atom stereocenters. The number of methoxy groups -OCH3 is 2. The Kier molecular flexibility index (Phi) is 6.58. The summed E-state index contributed by atoms with van der Waals surface area (Å²) in [5.41, 5.74) is 1.02. The van der Waals surface area contributed by atoms with E-state index in [0.717, 1.165) is 5.56 Å². The molecule has 3 aromatic rings. The van der Waals surface area contributed by atoms with Crippen LogP contribution >= 0.6 is 0 Å². The maximum atomic E-state index is 13.1. The number of carbonyl (C=O) groups is 2. The molecule has 34 heavy (non-hydrogen) atoms. The van der Waals surface area contributed by atoms with Crippen molar-refractivity contribution in [2.75, 3.05) is 20.8 Å². The number of ketones is 1. The summed E-state index contributed by atoms with van der Waals surface area (Å²) in [7, 11) is 2.97. The average molecular weight is 463 g/mol. The number of amides is 1. The van der Waals surface area contributed by atoms with Crippen LogP contribution in [-0.4, -0.2) is 42.5 Å². The van der Waals surface area contributed by atoms with Crippen molar-refractivity contribution in [3.8, 4) is 17.2 Å². The first-order valence-corrected chi connectivity index (χ1v) is 10.7. The minimum Gasteiger partial charge on any atom is -0.507 e. The van der Waals surface area contributed by atoms with Crippen LogP contribution in [0.25, 0.3) is 5.76 Å². The van der Waals surface area contributed by atoms with Crippen LogP contribution in [0.2, 0.25) is 0 Å². The van der Waals surface area contributed by atoms with Crippen LogP contribution in [0, 0.1) is 0 Å². The topological polar surface area (TPSA) is 98.4 Å². The van der Waals surface area contributed by atoms with Gasteiger partial charge in [0.05, 0.1) is 32.7 Å². The number of Topliss-reactive ketones (excluding diaryl/α,β-unsaturated/α-hetero) is 1. The Morgan fingerprint density at radius 3 is 2.50 bits per heavy atom. The highest BCUT2D eigenvalue weighted by Gasteiger charge is 2.47. The lowest BCUT2D eigenvalue weighted by Crippen LogP contribution is -2.29. The summed E-state index contributed by atoms with van der Waals surface area (Å²) in [6.07, 6.45) is 1.46. The van der Waals surface area contributed by atoms with Crippen molar-refractivity contribution < 1.29 is 33.3 Å². The Morgan fingerprint density at radius 2 is 1.82 bits per heavy atom. The van der Waals surface area contributed by atoms with Crippen LogP contribution < -0.4 is 14.2 Å². The van der Waals surface area contributed by atoms with Gasteiger partial charge in [-0.3, -0.25) is 9.59 Å². The third-order valence-corrected chi connectivity index (χ3v) is 5.57. The summed E-state index contributed by atoms with van der Waals surface area (Å²) in [5, 5.41) is 11.2. The SMILES string of the molecule is CCOc1cccc(CN2C(=O)C(=O)/C(=C(\O)c3ccc(OC)c(OC)c3)C2c2ccco2)c1. The van der Waals surface area contributed by atoms with Gasteiger partial charge in [-0.05, 0) is 55.0 Å². The molecule has 8 nitrogen and oxygen atoms in total. The third-order valence-electron chi connectivity index (χ3n) is 5.57. The van der Waals surface area contributed by atoms with Crippen LogP contribution in [0.3, 0.4) is 0 Å². The number of rotatable bonds is 8. The maximum Gasteiger partial charge on any atom is 0.296 e. The number of aliphatic hydroxyl groups excluding tert-OH is 1. The molecular formula is C26H25NO7. The number of ether oxygens (including phenoxy) is 3. The number of aliphatic hydroxyl groups is 1. The zero-order valence-electron chi connectivity index (χ0n) is 19.1. The standard InChI is InChI=1S/C26H25NO7/c1-4-33-18-8-5-7-16(13-18)15-27-23(20-9-6-12-34-20)22(25(29)26(27)30)24(28)17-10-11-19(31-2)21(14-17)32-3/h5-14,23,28H,4,15H2,1-3H3/b24-22-. The van der Waals surface area contributed by atoms with Gasteiger partial charge in [0.2, 0.25) is 0 Å². The molecule has 0 spiro atoms. The number of likely N-dealkylation sites (tertiary alicyclic amines) is 1. The number of benzene rings is 2. The van der Waals surface area contributed by atoms with Gasteiger partial charge in [-0.25, -0.2) is 0 Å². The Balaban J connectivity index is 1.79. The van der Waals surface area contributed by atoms with Gasteiger partial charge in [-0.1, -0.05) is 12.1 Å². The van der Waals surface area contributed by atoms with E-state index in [9.17, 15) is 14.7 Å². The van der Waals surface area contributed by atoms with E-state index in [-0.39, 0.29) is 17.9 Å². The summed E-state index contributed by atoms with van der Waals surface area (Å²) in [6.45, 7) is 2.52. The fourth-order valence-corrected chi connectivity index (χ4v) is 4.02. The molecule has 1 fully saturated rings. The third kappa shape index (κ3) is 4.22. The normalized spacial score (nSPS) is 17.1. The Hall–Kier alpha value is -4.20. The summed E-state index contributed by atoms with van der Waals surface area (Å²) >= 11 is 0. The second-order valence-electron chi connectivity index (χ2n) is 7.59. The second-order valence-corrected chi connectivity index (χ2v) is 7.59. The van der Waals surface area contributed by atoms with Gasteiger partial charge >= 0.3 is 0 Å². The minimum atomic E-state index is -0.904. The molecule has 1 amide bonds. The number of nitrogens with zero attached hydrogens (tertiary/aromatic N) is 1. The van der Waals surface area contributed by atoms with Gasteiger partial charge in [-0.15, -0.1) is 0 Å². The van der Waals surface area contributed by atoms with Crippen LogP contribution in [-0.2, 0) is 16.1 Å². The van der Waals surface area contributed by atoms with E-state index < -0.39 is 17.7 Å². The van der Waals surface area contributed by atoms with E-state index in [2.05, 4.69) is 0 Å². The molecule has 1 aliphatic rings. The van der Waals surface area contributed by atoms with Crippen molar-refractivity contribution in [1.29, 1.82) is 0 Å². The van der Waals surface area contributed by atoms with Crippen molar-refractivity contribution in [3.05, 3.63) is 83.3 Å². The van der Waals surface area contributed by atoms with Gasteiger partial charge in [0.25, 0.3) is 11.7 Å². The van der Waals surface area contributed by atoms with Crippen molar-refractivity contribution in [2.45, 2.75) is 19.5 Å². The van der Waals surface area contributed by atoms with Crippen LogP contribution in [0.1, 0.15) is 29.9 Å². The maximum absolute atomic E-state index is 13.1. The smallest absolute Gasteiger partial charge is 0.296 e. The van der Waals surface area contributed by atoms with Crippen LogP contribution in [0.4, 0.5) is 0 Å². The zero-order valence-corrected chi connectivity index (χ0v) is 19.1. The molecule has 4 rings (SSSR count). The molecule has 1 N–H and O–H groups in total. The molecule has 2 aromatic carbocycles. The first kappa shape index (κ1) is 23.0. The van der Waals surface area contributed by atoms with Crippen LogP contribution in [0.5, 0.6) is 17.2 Å². The Bertz CT molecular complexity index is 1230. The molecule has 1 aromatic heterocycles. The molecule has 2 heterocycles. The molecule has 0 radical (unpaired) electrons. The highest BCUT2D eigenvalue weighted by molar-refractivity contribution is 6.46. The average Bonchev–Trinajstić information content (AvgIpc) is 3.46. The predicted octanol–water partition coefficient (Wildman–Crippen LogP) is 4.32. The largest absolute Gasteiger partial charge is 0.507 e. The van der Waals surface area contributed by atoms with E-state index in [1.54, 1.807) is 30.3 Å². The fraction of sp³-hybridized carbons (Fsp3) is 0.231. The van der Waals surface area contributed by atoms with Crippen molar-refractivity contribution in [2.24, 2.45) is 0 Å². The lowest BCUT2D eigenvalue weighted by atomic mass is 9.99. The minimum absolute atomic E-state index is 0.0619. The molecule has 176 valence electrons. The first-order valence-electron chi connectivity index (χ1n) is 10.7. The van der Waals surface area contributed by atoms with Gasteiger partial charge in [0.15, 0.2) is 11.5 Å². The lowest BCUT2D eigenvalue weighted by Gasteiger charge is -2.23. The number of carbonyl (C=O) groups excluding carboxylic acids is 2. The zero-order chi connectivity index (χ0) is 24.2. The van der Waals surface area contributed by atoms with E-state index >= 15 is 0 Å². The van der Waals surface area contributed by atoms with Gasteiger partial charge in [0, 0.05) is 12.1 Å². The van der Waals surface area contributed by atoms with E-state index in [0.29, 0.717) is 35.2 Å². The van der Waals surface area contributed by atoms with Gasteiger partial charge < -0.3 is 28.6 Å². The van der Waals surface area contributed by atoms with E-state index in [4.69, 9.17) is 18.6 Å². The molecule has 1 saturated heterocycles. The Morgan fingerprint density at radius 1 is 1.03 bits per heavy atom. The quantitative estimate of drug-likeness (QED) is 0.302. The first-order chi connectivity index (χ1) is 16.5. The van der Waals surface area contributed by atoms with Crippen molar-refractivity contribution in [3.63, 3.8) is 0 Å². The fourth-order valence-electron chi connectivity index (χ4n) is 4.02. The van der Waals surface area contributed by atoms with E-state index in [1.165, 1.54) is 25.4 Å². The molecular weight excluding hydrogens is 438 g/mol. The van der Waals surface area contributed by atoms with E-state index in [1.807, 2.05) is 31.2 Å². The molecule has 1 atom stereocenters. The second kappa shape index (κ2) is 9.74. The summed E-state index contributed by atoms with van der Waals surface area (Å²) in [5.74, 6) is 0.0177. The van der Waals surface area contributed by atoms with Crippen molar-refractivity contribution in [1.82, 2.24) is 4.90 Å². The number of hydrogen-bond donors (Lipinski definition) is 1.